The topological polar surface area (TPSA) is 47.0 Å². The molecule has 1 aromatic heterocycles. The molecule has 0 aromatic carbocycles. The lowest BCUT2D eigenvalue weighted by atomic mass is 9.95. The van der Waals surface area contributed by atoms with Crippen molar-refractivity contribution in [3.63, 3.8) is 0 Å². The maximum Gasteiger partial charge on any atom is 0.226 e. The van der Waals surface area contributed by atoms with Crippen molar-refractivity contribution < 1.29 is 4.74 Å². The number of hydrogen-bond acceptors (Lipinski definition) is 5. The van der Waals surface area contributed by atoms with E-state index in [1.54, 1.807) is 6.20 Å². The summed E-state index contributed by atoms with van der Waals surface area (Å²) in [4.78, 5) is 8.69. The molecular weight excluding hydrogens is 258 g/mol. The van der Waals surface area contributed by atoms with E-state index in [-0.39, 0.29) is 0 Å². The zero-order valence-electron chi connectivity index (χ0n) is 11.8. The Labute approximate surface area is 119 Å². The van der Waals surface area contributed by atoms with Crippen molar-refractivity contribution in [1.82, 2.24) is 9.97 Å². The molecule has 19 heavy (non-hydrogen) atoms. The van der Waals surface area contributed by atoms with E-state index in [9.17, 15) is 0 Å². The number of ether oxygens (including phenoxy) is 1. The molecule has 0 aliphatic heterocycles. The number of aromatic nitrogens is 2. The van der Waals surface area contributed by atoms with Crippen LogP contribution in [-0.4, -0.2) is 34.1 Å². The van der Waals surface area contributed by atoms with Gasteiger partial charge in [0.05, 0.1) is 6.61 Å². The average Bonchev–Trinajstić information content (AvgIpc) is 2.46. The highest BCUT2D eigenvalue weighted by molar-refractivity contribution is 7.99. The maximum absolute atomic E-state index is 5.53. The van der Waals surface area contributed by atoms with Gasteiger partial charge in [0.1, 0.15) is 0 Å². The summed E-state index contributed by atoms with van der Waals surface area (Å²) >= 11 is 1.97. The maximum atomic E-state index is 5.53. The van der Waals surface area contributed by atoms with Gasteiger partial charge in [-0.15, -0.1) is 0 Å². The molecule has 1 aliphatic rings. The predicted octanol–water partition coefficient (Wildman–Crippen LogP) is 3.35. The van der Waals surface area contributed by atoms with Gasteiger partial charge < -0.3 is 10.1 Å². The van der Waals surface area contributed by atoms with Crippen LogP contribution in [0, 0.1) is 0 Å². The Morgan fingerprint density at radius 1 is 1.47 bits per heavy atom. The molecule has 5 heteroatoms. The lowest BCUT2D eigenvalue weighted by Gasteiger charge is -2.28. The Balaban J connectivity index is 1.90. The molecular formula is C14H23N3OS. The Morgan fingerprint density at radius 2 is 2.37 bits per heavy atom. The van der Waals surface area contributed by atoms with Gasteiger partial charge in [-0.1, -0.05) is 13.3 Å². The molecule has 1 saturated carbocycles. The lowest BCUT2D eigenvalue weighted by Crippen LogP contribution is -2.29. The quantitative estimate of drug-likeness (QED) is 0.866. The molecule has 2 rings (SSSR count). The molecule has 2 atom stereocenters. The van der Waals surface area contributed by atoms with Gasteiger partial charge in [0.2, 0.25) is 11.8 Å². The molecule has 1 aromatic rings. The molecule has 1 heterocycles. The van der Waals surface area contributed by atoms with Crippen LogP contribution in [0.4, 0.5) is 5.95 Å². The summed E-state index contributed by atoms with van der Waals surface area (Å²) in [6.45, 7) is 2.79. The molecule has 106 valence electrons. The van der Waals surface area contributed by atoms with Crippen LogP contribution in [0.1, 0.15) is 39.0 Å². The van der Waals surface area contributed by atoms with Crippen LogP contribution in [0.3, 0.4) is 0 Å². The van der Waals surface area contributed by atoms with E-state index in [1.807, 2.05) is 17.8 Å². The summed E-state index contributed by atoms with van der Waals surface area (Å²) in [5.41, 5.74) is 0. The van der Waals surface area contributed by atoms with E-state index < -0.39 is 0 Å². The van der Waals surface area contributed by atoms with Crippen molar-refractivity contribution in [2.45, 2.75) is 50.3 Å². The van der Waals surface area contributed by atoms with E-state index in [0.29, 0.717) is 24.5 Å². The van der Waals surface area contributed by atoms with Crippen molar-refractivity contribution in [3.8, 4) is 5.88 Å². The summed E-state index contributed by atoms with van der Waals surface area (Å²) in [5, 5.41) is 4.22. The fraction of sp³-hybridized carbons (Fsp3) is 0.714. The SMILES string of the molecule is CCCOc1ccnc(NC2CCCC(SC)C2)n1. The van der Waals surface area contributed by atoms with E-state index in [4.69, 9.17) is 4.74 Å². The summed E-state index contributed by atoms with van der Waals surface area (Å²) in [5.74, 6) is 1.36. The first kappa shape index (κ1) is 14.4. The molecule has 1 aliphatic carbocycles. The van der Waals surface area contributed by atoms with Crippen LogP contribution in [0.2, 0.25) is 0 Å². The predicted molar refractivity (Wildman–Crippen MR) is 81.0 cm³/mol. The van der Waals surface area contributed by atoms with Gasteiger partial charge >= 0.3 is 0 Å². The summed E-state index contributed by atoms with van der Waals surface area (Å²) in [7, 11) is 0. The number of anilines is 1. The second-order valence-electron chi connectivity index (χ2n) is 4.93. The molecule has 0 spiro atoms. The van der Waals surface area contributed by atoms with Gasteiger partial charge in [0, 0.05) is 23.6 Å². The first-order chi connectivity index (χ1) is 9.31. The van der Waals surface area contributed by atoms with Gasteiger partial charge in [-0.25, -0.2) is 4.98 Å². The molecule has 4 nitrogen and oxygen atoms in total. The smallest absolute Gasteiger partial charge is 0.226 e. The second kappa shape index (κ2) is 7.58. The molecule has 0 saturated heterocycles. The average molecular weight is 281 g/mol. The van der Waals surface area contributed by atoms with E-state index in [0.717, 1.165) is 11.7 Å². The Kier molecular flexibility index (Phi) is 5.76. The van der Waals surface area contributed by atoms with Crippen molar-refractivity contribution in [2.24, 2.45) is 0 Å². The monoisotopic (exact) mass is 281 g/mol. The third-order valence-electron chi connectivity index (χ3n) is 3.38. The van der Waals surface area contributed by atoms with Gasteiger partial charge in [-0.3, -0.25) is 0 Å². The van der Waals surface area contributed by atoms with Gasteiger partial charge in [-0.2, -0.15) is 16.7 Å². The van der Waals surface area contributed by atoms with Crippen molar-refractivity contribution >= 4 is 17.7 Å². The highest BCUT2D eigenvalue weighted by atomic mass is 32.2. The molecule has 0 bridgehead atoms. The van der Waals surface area contributed by atoms with Crippen LogP contribution in [0.5, 0.6) is 5.88 Å². The first-order valence-corrected chi connectivity index (χ1v) is 8.35. The van der Waals surface area contributed by atoms with E-state index >= 15 is 0 Å². The minimum atomic E-state index is 0.493. The second-order valence-corrected chi connectivity index (χ2v) is 6.07. The summed E-state index contributed by atoms with van der Waals surface area (Å²) < 4.78 is 5.53. The standard InChI is InChI=1S/C14H23N3OS/c1-3-9-18-13-7-8-15-14(17-13)16-11-5-4-6-12(10-11)19-2/h7-8,11-12H,3-6,9-10H2,1-2H3,(H,15,16,17). The fourth-order valence-electron chi connectivity index (χ4n) is 2.37. The normalized spacial score (nSPS) is 23.1. The fourth-order valence-corrected chi connectivity index (χ4v) is 3.20. The van der Waals surface area contributed by atoms with Crippen LogP contribution in [0.25, 0.3) is 0 Å². The third-order valence-corrected chi connectivity index (χ3v) is 4.47. The summed E-state index contributed by atoms with van der Waals surface area (Å²) in [6, 6.07) is 2.31. The highest BCUT2D eigenvalue weighted by Crippen LogP contribution is 2.28. The number of thioether (sulfide) groups is 1. The van der Waals surface area contributed by atoms with Gasteiger partial charge in [0.15, 0.2) is 0 Å². The number of nitrogens with zero attached hydrogens (tertiary/aromatic N) is 2. The number of nitrogens with one attached hydrogen (secondary N) is 1. The minimum absolute atomic E-state index is 0.493. The Bertz CT molecular complexity index is 389. The third kappa shape index (κ3) is 4.56. The largest absolute Gasteiger partial charge is 0.478 e. The van der Waals surface area contributed by atoms with Crippen LogP contribution >= 0.6 is 11.8 Å². The van der Waals surface area contributed by atoms with Crippen molar-refractivity contribution in [1.29, 1.82) is 0 Å². The first-order valence-electron chi connectivity index (χ1n) is 7.07. The number of hydrogen-bond donors (Lipinski definition) is 1. The van der Waals surface area contributed by atoms with Crippen LogP contribution in [-0.2, 0) is 0 Å². The Hall–Kier alpha value is -0.970. The molecule has 1 fully saturated rings. The molecule has 2 unspecified atom stereocenters. The highest BCUT2D eigenvalue weighted by Gasteiger charge is 2.21. The number of rotatable bonds is 6. The van der Waals surface area contributed by atoms with E-state index in [2.05, 4.69) is 28.5 Å². The van der Waals surface area contributed by atoms with Gasteiger partial charge in [0.25, 0.3) is 0 Å². The summed E-state index contributed by atoms with van der Waals surface area (Å²) in [6.07, 6.45) is 9.98. The Morgan fingerprint density at radius 3 is 3.16 bits per heavy atom. The zero-order chi connectivity index (χ0) is 13.5. The molecule has 1 N–H and O–H groups in total. The minimum Gasteiger partial charge on any atom is -0.478 e. The molecule has 0 amide bonds. The van der Waals surface area contributed by atoms with Crippen molar-refractivity contribution in [3.05, 3.63) is 12.3 Å². The molecule has 0 radical (unpaired) electrons. The van der Waals surface area contributed by atoms with Crippen LogP contribution < -0.4 is 10.1 Å². The van der Waals surface area contributed by atoms with Crippen LogP contribution in [0.15, 0.2) is 12.3 Å². The zero-order valence-corrected chi connectivity index (χ0v) is 12.6. The van der Waals surface area contributed by atoms with Crippen molar-refractivity contribution in [2.75, 3.05) is 18.2 Å². The van der Waals surface area contributed by atoms with E-state index in [1.165, 1.54) is 25.7 Å². The van der Waals surface area contributed by atoms with Gasteiger partial charge in [-0.05, 0) is 31.9 Å². The lowest BCUT2D eigenvalue weighted by molar-refractivity contribution is 0.305.